The first kappa shape index (κ1) is 17.5. The van der Waals surface area contributed by atoms with Gasteiger partial charge in [-0.2, -0.15) is 13.2 Å². The zero-order chi connectivity index (χ0) is 16.0. The van der Waals surface area contributed by atoms with E-state index in [-0.39, 0.29) is 18.7 Å². The van der Waals surface area contributed by atoms with Crippen LogP contribution >= 0.6 is 0 Å². The number of nitrogens with zero attached hydrogens (tertiary/aromatic N) is 2. The number of alkyl halides is 3. The van der Waals surface area contributed by atoms with Crippen LogP contribution in [0.2, 0.25) is 0 Å². The molecule has 0 saturated carbocycles. The minimum absolute atomic E-state index is 0.0458. The van der Waals surface area contributed by atoms with Gasteiger partial charge in [-0.05, 0) is 25.7 Å². The Labute approximate surface area is 121 Å². The highest BCUT2D eigenvalue weighted by molar-refractivity contribution is 5.69. The number of carboxylic acids is 1. The van der Waals surface area contributed by atoms with E-state index in [1.165, 1.54) is 23.1 Å². The average Bonchev–Trinajstić information content (AvgIpc) is 2.34. The summed E-state index contributed by atoms with van der Waals surface area (Å²) in [7, 11) is 3.64. The molecule has 0 aliphatic heterocycles. The average molecular weight is 304 g/mol. The molecular formula is C14H19F3N2O2. The third kappa shape index (κ3) is 6.14. The predicted octanol–water partition coefficient (Wildman–Crippen LogP) is 2.15. The molecule has 0 unspecified atom stereocenters. The number of carbonyl (C=O) groups is 1. The van der Waals surface area contributed by atoms with E-state index >= 15 is 0 Å². The van der Waals surface area contributed by atoms with E-state index in [2.05, 4.69) is 0 Å². The summed E-state index contributed by atoms with van der Waals surface area (Å²) in [5.74, 6) is -1.06. The predicted molar refractivity (Wildman–Crippen MR) is 72.9 cm³/mol. The first-order valence-electron chi connectivity index (χ1n) is 6.44. The van der Waals surface area contributed by atoms with Crippen LogP contribution in [0.5, 0.6) is 0 Å². The van der Waals surface area contributed by atoms with Crippen LogP contribution in [0.1, 0.15) is 11.1 Å². The van der Waals surface area contributed by atoms with Gasteiger partial charge in [0.05, 0.1) is 12.1 Å². The van der Waals surface area contributed by atoms with Crippen molar-refractivity contribution in [1.29, 1.82) is 0 Å². The van der Waals surface area contributed by atoms with Gasteiger partial charge in [0.1, 0.15) is 0 Å². The molecule has 0 fully saturated rings. The van der Waals surface area contributed by atoms with Gasteiger partial charge in [-0.1, -0.05) is 18.2 Å². The SMILES string of the molecule is CN(C)CCN(CC(=O)O)Cc1ccccc1C(F)(F)F. The molecule has 0 aliphatic carbocycles. The lowest BCUT2D eigenvalue weighted by Crippen LogP contribution is -2.35. The lowest BCUT2D eigenvalue weighted by atomic mass is 10.1. The minimum Gasteiger partial charge on any atom is -0.480 e. The van der Waals surface area contributed by atoms with Crippen LogP contribution < -0.4 is 0 Å². The van der Waals surface area contributed by atoms with Crippen LogP contribution in [0.25, 0.3) is 0 Å². The Bertz CT molecular complexity index is 476. The van der Waals surface area contributed by atoms with Crippen LogP contribution in [0.3, 0.4) is 0 Å². The van der Waals surface area contributed by atoms with Gasteiger partial charge in [0.25, 0.3) is 0 Å². The lowest BCUT2D eigenvalue weighted by molar-refractivity contribution is -0.139. The maximum atomic E-state index is 12.9. The van der Waals surface area contributed by atoms with Crippen molar-refractivity contribution >= 4 is 5.97 Å². The van der Waals surface area contributed by atoms with Gasteiger partial charge in [0.15, 0.2) is 0 Å². The highest BCUT2D eigenvalue weighted by Gasteiger charge is 2.33. The number of hydrogen-bond donors (Lipinski definition) is 1. The topological polar surface area (TPSA) is 43.8 Å². The fourth-order valence-electron chi connectivity index (χ4n) is 1.92. The summed E-state index contributed by atoms with van der Waals surface area (Å²) in [5.41, 5.74) is -0.629. The van der Waals surface area contributed by atoms with E-state index in [0.29, 0.717) is 13.1 Å². The highest BCUT2D eigenvalue weighted by atomic mass is 19.4. The lowest BCUT2D eigenvalue weighted by Gasteiger charge is -2.24. The molecule has 21 heavy (non-hydrogen) atoms. The van der Waals surface area contributed by atoms with Crippen LogP contribution in [-0.2, 0) is 17.5 Å². The monoisotopic (exact) mass is 304 g/mol. The molecule has 0 heterocycles. The van der Waals surface area contributed by atoms with Crippen molar-refractivity contribution in [3.63, 3.8) is 0 Å². The third-order valence-electron chi connectivity index (χ3n) is 2.94. The zero-order valence-electron chi connectivity index (χ0n) is 12.0. The molecule has 1 N–H and O–H groups in total. The molecule has 0 radical (unpaired) electrons. The van der Waals surface area contributed by atoms with E-state index in [4.69, 9.17) is 5.11 Å². The molecule has 4 nitrogen and oxygen atoms in total. The molecule has 0 spiro atoms. The van der Waals surface area contributed by atoms with Crippen LogP contribution in [0.15, 0.2) is 24.3 Å². The minimum atomic E-state index is -4.44. The van der Waals surface area contributed by atoms with E-state index in [1.807, 2.05) is 19.0 Å². The molecule has 0 bridgehead atoms. The molecule has 1 aromatic rings. The van der Waals surface area contributed by atoms with Crippen molar-refractivity contribution in [2.45, 2.75) is 12.7 Å². The van der Waals surface area contributed by atoms with Gasteiger partial charge in [-0.15, -0.1) is 0 Å². The molecule has 7 heteroatoms. The van der Waals surface area contributed by atoms with Crippen LogP contribution in [-0.4, -0.2) is 54.6 Å². The van der Waals surface area contributed by atoms with E-state index < -0.39 is 17.7 Å². The summed E-state index contributed by atoms with van der Waals surface area (Å²) >= 11 is 0. The maximum absolute atomic E-state index is 12.9. The van der Waals surface area contributed by atoms with Gasteiger partial charge in [-0.3, -0.25) is 9.69 Å². The summed E-state index contributed by atoms with van der Waals surface area (Å²) in [6, 6.07) is 5.25. The largest absolute Gasteiger partial charge is 0.480 e. The van der Waals surface area contributed by atoms with Gasteiger partial charge in [0.2, 0.25) is 0 Å². The van der Waals surface area contributed by atoms with Crippen molar-refractivity contribution in [3.8, 4) is 0 Å². The van der Waals surface area contributed by atoms with Gasteiger partial charge in [0, 0.05) is 19.6 Å². The fraction of sp³-hybridized carbons (Fsp3) is 0.500. The molecule has 0 aliphatic rings. The number of likely N-dealkylation sites (N-methyl/N-ethyl adjacent to an activating group) is 1. The Hall–Kier alpha value is -1.60. The zero-order valence-corrected chi connectivity index (χ0v) is 12.0. The van der Waals surface area contributed by atoms with Gasteiger partial charge >= 0.3 is 12.1 Å². The second-order valence-electron chi connectivity index (χ2n) is 5.06. The molecule has 1 rings (SSSR count). The van der Waals surface area contributed by atoms with Gasteiger partial charge < -0.3 is 10.0 Å². The van der Waals surface area contributed by atoms with Crippen LogP contribution in [0, 0.1) is 0 Å². The highest BCUT2D eigenvalue weighted by Crippen LogP contribution is 2.32. The molecule has 118 valence electrons. The number of aliphatic carboxylic acids is 1. The Morgan fingerprint density at radius 3 is 2.33 bits per heavy atom. The molecule has 0 atom stereocenters. The number of rotatable bonds is 7. The molecule has 0 saturated heterocycles. The fourth-order valence-corrected chi connectivity index (χ4v) is 1.92. The summed E-state index contributed by atoms with van der Waals surface area (Å²) in [6.45, 7) is 0.614. The van der Waals surface area contributed by atoms with E-state index in [0.717, 1.165) is 6.07 Å². The molecule has 1 aromatic carbocycles. The van der Waals surface area contributed by atoms with Crippen LogP contribution in [0.4, 0.5) is 13.2 Å². The Balaban J connectivity index is 2.90. The number of carboxylic acid groups (broad SMARTS) is 1. The second-order valence-corrected chi connectivity index (χ2v) is 5.06. The Kier molecular flexibility index (Phi) is 6.17. The van der Waals surface area contributed by atoms with Crippen molar-refractivity contribution < 1.29 is 23.1 Å². The summed E-state index contributed by atoms with van der Waals surface area (Å²) in [4.78, 5) is 14.2. The van der Waals surface area contributed by atoms with E-state index in [9.17, 15) is 18.0 Å². The Morgan fingerprint density at radius 2 is 1.81 bits per heavy atom. The Morgan fingerprint density at radius 1 is 1.19 bits per heavy atom. The summed E-state index contributed by atoms with van der Waals surface area (Å²) in [5, 5.41) is 8.88. The second kappa shape index (κ2) is 7.42. The molecule has 0 amide bonds. The first-order valence-corrected chi connectivity index (χ1v) is 6.44. The molecular weight excluding hydrogens is 285 g/mol. The standard InChI is InChI=1S/C14H19F3N2O2/c1-18(2)7-8-19(10-13(20)21)9-11-5-3-4-6-12(11)14(15,16)17/h3-6H,7-10H2,1-2H3,(H,20,21). The van der Waals surface area contributed by atoms with Gasteiger partial charge in [-0.25, -0.2) is 0 Å². The summed E-state index contributed by atoms with van der Waals surface area (Å²) < 4.78 is 38.8. The smallest absolute Gasteiger partial charge is 0.416 e. The van der Waals surface area contributed by atoms with Crippen molar-refractivity contribution in [2.24, 2.45) is 0 Å². The van der Waals surface area contributed by atoms with Crippen molar-refractivity contribution in [2.75, 3.05) is 33.7 Å². The first-order chi connectivity index (χ1) is 9.70. The number of hydrogen-bond acceptors (Lipinski definition) is 3. The quantitative estimate of drug-likeness (QED) is 0.838. The number of benzene rings is 1. The van der Waals surface area contributed by atoms with Crippen molar-refractivity contribution in [3.05, 3.63) is 35.4 Å². The molecule has 0 aromatic heterocycles. The van der Waals surface area contributed by atoms with Crippen molar-refractivity contribution in [1.82, 2.24) is 9.80 Å². The number of halogens is 3. The van der Waals surface area contributed by atoms with E-state index in [1.54, 1.807) is 0 Å². The summed E-state index contributed by atoms with van der Waals surface area (Å²) in [6.07, 6.45) is -4.44. The normalized spacial score (nSPS) is 12.1. The third-order valence-corrected chi connectivity index (χ3v) is 2.94. The maximum Gasteiger partial charge on any atom is 0.416 e.